The summed E-state index contributed by atoms with van der Waals surface area (Å²) in [7, 11) is 1.52. The van der Waals surface area contributed by atoms with E-state index < -0.39 is 0 Å². The van der Waals surface area contributed by atoms with Gasteiger partial charge in [0.25, 0.3) is 5.91 Å². The van der Waals surface area contributed by atoms with Gasteiger partial charge in [0.2, 0.25) is 11.7 Å². The number of hydrogen-bond acceptors (Lipinski definition) is 5. The van der Waals surface area contributed by atoms with Crippen LogP contribution in [-0.2, 0) is 0 Å². The Kier molecular flexibility index (Phi) is 5.53. The molecule has 1 unspecified atom stereocenters. The molecule has 1 aromatic heterocycles. The molecule has 134 valence electrons. The maximum absolute atomic E-state index is 12.3. The molecule has 0 saturated heterocycles. The summed E-state index contributed by atoms with van der Waals surface area (Å²) in [5.74, 6) is 1.14. The second-order valence-electron chi connectivity index (χ2n) is 5.81. The Morgan fingerprint density at radius 3 is 2.77 bits per heavy atom. The van der Waals surface area contributed by atoms with Crippen LogP contribution in [0.3, 0.4) is 0 Å². The first-order valence-electron chi connectivity index (χ1n) is 8.08. The summed E-state index contributed by atoms with van der Waals surface area (Å²) in [6, 6.07) is 14.4. The van der Waals surface area contributed by atoms with Crippen molar-refractivity contribution >= 4 is 17.5 Å². The van der Waals surface area contributed by atoms with Crippen LogP contribution in [0.5, 0.6) is 5.75 Å². The lowest BCUT2D eigenvalue weighted by Crippen LogP contribution is -2.27. The van der Waals surface area contributed by atoms with E-state index in [0.717, 1.165) is 5.56 Å². The van der Waals surface area contributed by atoms with Gasteiger partial charge in [-0.1, -0.05) is 54.0 Å². The van der Waals surface area contributed by atoms with Gasteiger partial charge in [-0.3, -0.25) is 4.79 Å². The fourth-order valence-electron chi connectivity index (χ4n) is 2.39. The van der Waals surface area contributed by atoms with Crippen LogP contribution in [0.25, 0.3) is 11.4 Å². The molecule has 0 fully saturated rings. The van der Waals surface area contributed by atoms with Crippen LogP contribution in [0.15, 0.2) is 53.1 Å². The highest BCUT2D eigenvalue weighted by atomic mass is 35.5. The molecular weight excluding hydrogens is 354 g/mol. The number of benzene rings is 2. The SMILES string of the molecule is COc1cc(Cl)cc(C(=O)NCC(C)c2nc(-c3ccccc3)no2)c1. The topological polar surface area (TPSA) is 77.2 Å². The molecule has 2 aromatic carbocycles. The van der Waals surface area contributed by atoms with Crippen molar-refractivity contribution in [2.45, 2.75) is 12.8 Å². The van der Waals surface area contributed by atoms with Crippen molar-refractivity contribution in [3.63, 3.8) is 0 Å². The van der Waals surface area contributed by atoms with Crippen molar-refractivity contribution < 1.29 is 14.1 Å². The summed E-state index contributed by atoms with van der Waals surface area (Å²) >= 11 is 6.00. The number of hydrogen-bond donors (Lipinski definition) is 1. The van der Waals surface area contributed by atoms with Gasteiger partial charge in [0.1, 0.15) is 5.75 Å². The third kappa shape index (κ3) is 4.21. The van der Waals surface area contributed by atoms with Gasteiger partial charge in [-0.05, 0) is 18.2 Å². The van der Waals surface area contributed by atoms with Crippen LogP contribution < -0.4 is 10.1 Å². The Morgan fingerprint density at radius 2 is 2.04 bits per heavy atom. The summed E-state index contributed by atoms with van der Waals surface area (Å²) < 4.78 is 10.4. The zero-order chi connectivity index (χ0) is 18.5. The molecule has 1 atom stereocenters. The molecule has 0 saturated carbocycles. The Morgan fingerprint density at radius 1 is 1.27 bits per heavy atom. The minimum atomic E-state index is -0.250. The van der Waals surface area contributed by atoms with Crippen molar-refractivity contribution in [2.24, 2.45) is 0 Å². The van der Waals surface area contributed by atoms with Gasteiger partial charge in [-0.25, -0.2) is 0 Å². The smallest absolute Gasteiger partial charge is 0.251 e. The van der Waals surface area contributed by atoms with Gasteiger partial charge in [-0.2, -0.15) is 4.98 Å². The summed E-state index contributed by atoms with van der Waals surface area (Å²) in [5, 5.41) is 7.28. The molecule has 0 aliphatic carbocycles. The standard InChI is InChI=1S/C19H18ClN3O3/c1-12(19-22-17(23-26-19)13-6-4-3-5-7-13)11-21-18(24)14-8-15(20)10-16(9-14)25-2/h3-10,12H,11H2,1-2H3,(H,21,24). The number of carbonyl (C=O) groups excluding carboxylic acids is 1. The molecule has 7 heteroatoms. The maximum atomic E-state index is 12.3. The van der Waals surface area contributed by atoms with E-state index in [1.807, 2.05) is 37.3 Å². The first-order chi connectivity index (χ1) is 12.6. The molecule has 0 aliphatic heterocycles. The lowest BCUT2D eigenvalue weighted by Gasteiger charge is -2.10. The highest BCUT2D eigenvalue weighted by molar-refractivity contribution is 6.31. The van der Waals surface area contributed by atoms with Gasteiger partial charge in [-0.15, -0.1) is 0 Å². The van der Waals surface area contributed by atoms with Crippen molar-refractivity contribution in [3.05, 3.63) is 65.0 Å². The average Bonchev–Trinajstić information content (AvgIpc) is 3.16. The van der Waals surface area contributed by atoms with E-state index in [0.29, 0.717) is 34.6 Å². The van der Waals surface area contributed by atoms with E-state index in [4.69, 9.17) is 20.9 Å². The molecule has 3 aromatic rings. The normalized spacial score (nSPS) is 11.8. The highest BCUT2D eigenvalue weighted by Gasteiger charge is 2.17. The maximum Gasteiger partial charge on any atom is 0.251 e. The third-order valence-corrected chi connectivity index (χ3v) is 4.05. The Bertz CT molecular complexity index is 896. The van der Waals surface area contributed by atoms with E-state index >= 15 is 0 Å². The van der Waals surface area contributed by atoms with Gasteiger partial charge < -0.3 is 14.6 Å². The van der Waals surface area contributed by atoms with Crippen LogP contribution in [0.2, 0.25) is 5.02 Å². The van der Waals surface area contributed by atoms with Crippen LogP contribution in [0.1, 0.15) is 29.1 Å². The fourth-order valence-corrected chi connectivity index (χ4v) is 2.61. The summed E-state index contributed by atoms with van der Waals surface area (Å²) in [6.45, 7) is 2.26. The first-order valence-corrected chi connectivity index (χ1v) is 8.46. The fraction of sp³-hybridized carbons (Fsp3) is 0.211. The van der Waals surface area contributed by atoms with Crippen molar-refractivity contribution in [2.75, 3.05) is 13.7 Å². The lowest BCUT2D eigenvalue weighted by atomic mass is 10.1. The molecule has 0 radical (unpaired) electrons. The number of aromatic nitrogens is 2. The van der Waals surface area contributed by atoms with Gasteiger partial charge >= 0.3 is 0 Å². The number of rotatable bonds is 6. The third-order valence-electron chi connectivity index (χ3n) is 3.83. The molecule has 1 heterocycles. The number of nitrogens with one attached hydrogen (secondary N) is 1. The molecule has 6 nitrogen and oxygen atoms in total. The van der Waals surface area contributed by atoms with E-state index in [1.165, 1.54) is 7.11 Å². The van der Waals surface area contributed by atoms with Crippen LogP contribution in [-0.4, -0.2) is 29.7 Å². The molecule has 3 rings (SSSR count). The number of carbonyl (C=O) groups is 1. The summed E-state index contributed by atoms with van der Waals surface area (Å²) in [5.41, 5.74) is 1.31. The Balaban J connectivity index is 1.64. The van der Waals surface area contributed by atoms with E-state index in [1.54, 1.807) is 18.2 Å². The minimum Gasteiger partial charge on any atom is -0.497 e. The number of nitrogens with zero attached hydrogens (tertiary/aromatic N) is 2. The van der Waals surface area contributed by atoms with Crippen LogP contribution in [0.4, 0.5) is 0 Å². The monoisotopic (exact) mass is 371 g/mol. The predicted octanol–water partition coefficient (Wildman–Crippen LogP) is 3.93. The van der Waals surface area contributed by atoms with Gasteiger partial charge in [0.05, 0.1) is 13.0 Å². The summed E-state index contributed by atoms with van der Waals surface area (Å²) in [4.78, 5) is 16.7. The summed E-state index contributed by atoms with van der Waals surface area (Å²) in [6.07, 6.45) is 0. The molecule has 1 amide bonds. The largest absolute Gasteiger partial charge is 0.497 e. The number of amides is 1. The molecule has 0 spiro atoms. The van der Waals surface area contributed by atoms with E-state index in [9.17, 15) is 4.79 Å². The van der Waals surface area contributed by atoms with Crippen LogP contribution >= 0.6 is 11.6 Å². The van der Waals surface area contributed by atoms with Crippen molar-refractivity contribution in [1.82, 2.24) is 15.5 Å². The highest BCUT2D eigenvalue weighted by Crippen LogP contribution is 2.21. The number of halogens is 1. The molecule has 1 N–H and O–H groups in total. The Labute approximate surface area is 156 Å². The van der Waals surface area contributed by atoms with Crippen molar-refractivity contribution in [1.29, 1.82) is 0 Å². The zero-order valence-corrected chi connectivity index (χ0v) is 15.2. The molecule has 0 aliphatic rings. The van der Waals surface area contributed by atoms with E-state index in [-0.39, 0.29) is 11.8 Å². The molecule has 0 bridgehead atoms. The number of methoxy groups -OCH3 is 1. The second-order valence-corrected chi connectivity index (χ2v) is 6.25. The van der Waals surface area contributed by atoms with Gasteiger partial charge in [0.15, 0.2) is 0 Å². The second kappa shape index (κ2) is 8.01. The van der Waals surface area contributed by atoms with Crippen molar-refractivity contribution in [3.8, 4) is 17.1 Å². The zero-order valence-electron chi connectivity index (χ0n) is 14.4. The predicted molar refractivity (Wildman–Crippen MR) is 98.5 cm³/mol. The quantitative estimate of drug-likeness (QED) is 0.710. The average molecular weight is 372 g/mol. The Hall–Kier alpha value is -2.86. The number of ether oxygens (including phenoxy) is 1. The van der Waals surface area contributed by atoms with Crippen LogP contribution in [0, 0.1) is 0 Å². The lowest BCUT2D eigenvalue weighted by molar-refractivity contribution is 0.0950. The molecular formula is C19H18ClN3O3. The van der Waals surface area contributed by atoms with Gasteiger partial charge in [0, 0.05) is 22.7 Å². The van der Waals surface area contributed by atoms with E-state index in [2.05, 4.69) is 15.5 Å². The minimum absolute atomic E-state index is 0.134. The first kappa shape index (κ1) is 17.9. The molecule has 26 heavy (non-hydrogen) atoms.